The first-order chi connectivity index (χ1) is 26.1. The van der Waals surface area contributed by atoms with E-state index in [1.54, 1.807) is 27.7 Å². The van der Waals surface area contributed by atoms with Crippen molar-refractivity contribution in [2.45, 2.75) is 102 Å². The van der Waals surface area contributed by atoms with Gasteiger partial charge >= 0.3 is 12.1 Å². The number of rotatable bonds is 19. The molecule has 2 fully saturated rings. The summed E-state index contributed by atoms with van der Waals surface area (Å²) in [5, 5.41) is 31.9. The molecule has 9 N–H and O–H groups in total. The zero-order valence-electron chi connectivity index (χ0n) is 31.2. The van der Waals surface area contributed by atoms with Crippen molar-refractivity contribution in [3.05, 3.63) is 71.8 Å². The maximum Gasteiger partial charge on any atom is 0.322 e. The highest BCUT2D eigenvalue weighted by atomic mass is 16.3. The number of hydrogen-bond donors (Lipinski definition) is 9. The number of hydrogen-bond acceptors (Lipinski definition) is 9. The van der Waals surface area contributed by atoms with Gasteiger partial charge in [0, 0.05) is 6.04 Å². The van der Waals surface area contributed by atoms with Gasteiger partial charge < -0.3 is 37.0 Å². The lowest BCUT2D eigenvalue weighted by Crippen LogP contribution is -2.57. The Kier molecular flexibility index (Phi) is 14.8. The van der Waals surface area contributed by atoms with Crippen LogP contribution >= 0.6 is 0 Å². The van der Waals surface area contributed by atoms with Gasteiger partial charge in [0.2, 0.25) is 23.6 Å². The topological polar surface area (TPSA) is 253 Å². The van der Waals surface area contributed by atoms with Crippen LogP contribution in [0.1, 0.15) is 58.1 Å². The molecule has 7 atom stereocenters. The van der Waals surface area contributed by atoms with Gasteiger partial charge in [0.1, 0.15) is 24.2 Å². The Morgan fingerprint density at radius 1 is 0.618 bits per heavy atom. The summed E-state index contributed by atoms with van der Waals surface area (Å²) in [6, 6.07) is 11.2. The lowest BCUT2D eigenvalue weighted by Gasteiger charge is -2.32. The molecule has 0 radical (unpaired) electrons. The van der Waals surface area contributed by atoms with E-state index in [9.17, 15) is 43.5 Å². The molecule has 2 heterocycles. The van der Waals surface area contributed by atoms with E-state index >= 15 is 0 Å². The summed E-state index contributed by atoms with van der Waals surface area (Å²) < 4.78 is 0. The van der Waals surface area contributed by atoms with Crippen LogP contribution in [0, 0.1) is 11.8 Å². The van der Waals surface area contributed by atoms with Crippen LogP contribution in [0.25, 0.3) is 0 Å². The maximum atomic E-state index is 13.8. The van der Waals surface area contributed by atoms with Crippen LogP contribution in [0.2, 0.25) is 0 Å². The molecule has 296 valence electrons. The van der Waals surface area contributed by atoms with Gasteiger partial charge in [0.25, 0.3) is 11.8 Å². The highest BCUT2D eigenvalue weighted by molar-refractivity contribution is 6.06. The largest absolute Gasteiger partial charge is 0.391 e. The zero-order valence-corrected chi connectivity index (χ0v) is 31.2. The number of aliphatic hydroxyl groups is 1. The van der Waals surface area contributed by atoms with E-state index in [0.29, 0.717) is 6.42 Å². The molecule has 4 rings (SSSR count). The van der Waals surface area contributed by atoms with E-state index in [4.69, 9.17) is 0 Å². The van der Waals surface area contributed by atoms with Crippen molar-refractivity contribution >= 4 is 47.5 Å². The fourth-order valence-electron chi connectivity index (χ4n) is 6.37. The second-order valence-electron chi connectivity index (χ2n) is 14.5. The van der Waals surface area contributed by atoms with Gasteiger partial charge in [-0.1, -0.05) is 88.4 Å². The molecule has 2 aliphatic heterocycles. The summed E-state index contributed by atoms with van der Waals surface area (Å²) >= 11 is 0. The Bertz CT molecular complexity index is 1720. The first kappa shape index (κ1) is 41.9. The van der Waals surface area contributed by atoms with Crippen LogP contribution in [-0.2, 0) is 41.6 Å². The molecule has 2 aromatic rings. The van der Waals surface area contributed by atoms with Crippen molar-refractivity contribution in [2.24, 2.45) is 11.8 Å². The molecule has 17 nitrogen and oxygen atoms in total. The van der Waals surface area contributed by atoms with Gasteiger partial charge in [-0.05, 0) is 42.2 Å². The van der Waals surface area contributed by atoms with Crippen molar-refractivity contribution in [1.82, 2.24) is 42.5 Å². The summed E-state index contributed by atoms with van der Waals surface area (Å²) in [6.45, 7) is 6.93. The van der Waals surface area contributed by atoms with E-state index in [1.807, 2.05) is 60.7 Å². The highest BCUT2D eigenvalue weighted by Gasteiger charge is 2.36. The van der Waals surface area contributed by atoms with Gasteiger partial charge in [-0.25, -0.2) is 9.59 Å². The summed E-state index contributed by atoms with van der Waals surface area (Å²) in [6.07, 6.45) is -1.52. The van der Waals surface area contributed by atoms with Crippen molar-refractivity contribution in [1.29, 1.82) is 0 Å². The van der Waals surface area contributed by atoms with Crippen LogP contribution in [0.15, 0.2) is 60.7 Å². The smallest absolute Gasteiger partial charge is 0.322 e. The molecule has 0 saturated carbocycles. The molecule has 0 aliphatic carbocycles. The second kappa shape index (κ2) is 19.5. The number of benzene rings is 2. The van der Waals surface area contributed by atoms with Crippen LogP contribution < -0.4 is 42.5 Å². The van der Waals surface area contributed by atoms with Gasteiger partial charge in [-0.3, -0.25) is 39.4 Å². The third kappa shape index (κ3) is 12.6. The number of carbonyl (C=O) groups is 8. The average molecular weight is 763 g/mol. The molecular weight excluding hydrogens is 712 g/mol. The van der Waals surface area contributed by atoms with Crippen molar-refractivity contribution < 1.29 is 43.5 Å². The minimum absolute atomic E-state index is 0.0271. The monoisotopic (exact) mass is 762 g/mol. The molecule has 2 unspecified atom stereocenters. The number of carbonyl (C=O) groups excluding carboxylic acids is 8. The third-order valence-electron chi connectivity index (χ3n) is 9.32. The fraction of sp³-hybridized carbons (Fsp3) is 0.474. The van der Waals surface area contributed by atoms with E-state index in [-0.39, 0.29) is 31.6 Å². The molecule has 55 heavy (non-hydrogen) atoms. The Morgan fingerprint density at radius 2 is 1.04 bits per heavy atom. The SMILES string of the molecule is CC(C)[C@H](NC(=O)CC1NC(=O)NC1=O)C(=O)N[C@@H](Cc1ccccc1)C[C@H](O)[C@H](Cc1ccccc1)NC(=O)[C@@H](NC(=O)CC1NC(=O)NC1=O)C(C)C. The van der Waals surface area contributed by atoms with Gasteiger partial charge in [-0.2, -0.15) is 0 Å². The van der Waals surface area contributed by atoms with Gasteiger partial charge in [0.15, 0.2) is 0 Å². The Balaban J connectivity index is 1.51. The van der Waals surface area contributed by atoms with Crippen LogP contribution in [0.4, 0.5) is 9.59 Å². The first-order valence-electron chi connectivity index (χ1n) is 18.3. The van der Waals surface area contributed by atoms with Crippen LogP contribution in [0.5, 0.6) is 0 Å². The zero-order chi connectivity index (χ0) is 40.2. The number of urea groups is 2. The molecule has 0 spiro atoms. The Morgan fingerprint density at radius 3 is 1.44 bits per heavy atom. The lowest BCUT2D eigenvalue weighted by molar-refractivity contribution is -0.132. The summed E-state index contributed by atoms with van der Waals surface area (Å²) in [5.74, 6) is -4.45. The molecule has 0 aromatic heterocycles. The van der Waals surface area contributed by atoms with E-state index in [1.165, 1.54) is 0 Å². The van der Waals surface area contributed by atoms with Gasteiger partial charge in [0.05, 0.1) is 25.0 Å². The standard InChI is InChI=1S/C38H50N8O9/c1-20(2)31(43-29(48)18-26-33(50)45-37(54)41-26)35(52)39-24(15-22-11-7-5-8-12-22)17-28(47)25(16-23-13-9-6-10-14-23)40-36(53)32(21(3)4)44-30(49)19-27-34(51)46-38(55)42-27/h5-14,20-21,24-28,31-32,47H,15-19H2,1-4H3,(H,39,52)(H,40,53)(H,43,48)(H,44,49)(H2,41,45,50,54)(H2,42,46,51,55)/t24-,25-,26?,27?,28-,31-,32-/m0/s1. The van der Waals surface area contributed by atoms with E-state index in [2.05, 4.69) is 42.5 Å². The molecule has 17 heteroatoms. The first-order valence-corrected chi connectivity index (χ1v) is 18.3. The summed E-state index contributed by atoms with van der Waals surface area (Å²) in [4.78, 5) is 100. The molecule has 2 aliphatic rings. The maximum absolute atomic E-state index is 13.8. The molecule has 2 aromatic carbocycles. The minimum Gasteiger partial charge on any atom is -0.391 e. The quantitative estimate of drug-likeness (QED) is 0.0849. The predicted octanol–water partition coefficient (Wildman–Crippen LogP) is -0.330. The third-order valence-corrected chi connectivity index (χ3v) is 9.32. The number of aliphatic hydroxyl groups excluding tert-OH is 1. The Labute approximate surface area is 318 Å². The summed E-state index contributed by atoms with van der Waals surface area (Å²) in [7, 11) is 0. The number of amides is 10. The predicted molar refractivity (Wildman–Crippen MR) is 198 cm³/mol. The average Bonchev–Trinajstić information content (AvgIpc) is 3.61. The van der Waals surface area contributed by atoms with Crippen molar-refractivity contribution in [3.8, 4) is 0 Å². The number of nitrogens with one attached hydrogen (secondary N) is 8. The summed E-state index contributed by atoms with van der Waals surface area (Å²) in [5.41, 5.74) is 1.66. The molecule has 2 saturated heterocycles. The normalized spacial score (nSPS) is 19.3. The minimum atomic E-state index is -1.23. The lowest BCUT2D eigenvalue weighted by atomic mass is 9.92. The van der Waals surface area contributed by atoms with Crippen LogP contribution in [-0.4, -0.2) is 95.0 Å². The molecule has 10 amide bonds. The van der Waals surface area contributed by atoms with E-state index < -0.39 is 95.8 Å². The number of imide groups is 2. The fourth-order valence-corrected chi connectivity index (χ4v) is 6.37. The molecule has 0 bridgehead atoms. The van der Waals surface area contributed by atoms with Crippen molar-refractivity contribution in [2.75, 3.05) is 0 Å². The molecular formula is C38H50N8O9. The highest BCUT2D eigenvalue weighted by Crippen LogP contribution is 2.16. The van der Waals surface area contributed by atoms with Crippen molar-refractivity contribution in [3.63, 3.8) is 0 Å². The second-order valence-corrected chi connectivity index (χ2v) is 14.5. The van der Waals surface area contributed by atoms with E-state index in [0.717, 1.165) is 11.1 Å². The van der Waals surface area contributed by atoms with Gasteiger partial charge in [-0.15, -0.1) is 0 Å². The Hall–Kier alpha value is -5.84. The van der Waals surface area contributed by atoms with Crippen LogP contribution in [0.3, 0.4) is 0 Å².